The summed E-state index contributed by atoms with van der Waals surface area (Å²) in [6, 6.07) is 10.4. The van der Waals surface area contributed by atoms with Gasteiger partial charge < -0.3 is 15.3 Å². The molecule has 1 aromatic rings. The molecule has 1 rings (SSSR count). The van der Waals surface area contributed by atoms with Gasteiger partial charge in [0, 0.05) is 13.1 Å². The number of nitrogens with one attached hydrogen (secondary N) is 1. The second-order valence-corrected chi connectivity index (χ2v) is 5.85. The van der Waals surface area contributed by atoms with E-state index in [4.69, 9.17) is 0 Å². The first-order valence-electron chi connectivity index (χ1n) is 7.69. The maximum Gasteiger partial charge on any atom is 0.323 e. The Morgan fingerprint density at radius 3 is 2.52 bits per heavy atom. The van der Waals surface area contributed by atoms with Crippen LogP contribution >= 0.6 is 0 Å². The molecule has 1 aromatic carbocycles. The van der Waals surface area contributed by atoms with E-state index in [1.807, 2.05) is 32.2 Å². The van der Waals surface area contributed by atoms with Crippen LogP contribution < -0.4 is 5.32 Å². The quantitative estimate of drug-likeness (QED) is 0.695. The van der Waals surface area contributed by atoms with Crippen molar-refractivity contribution < 1.29 is 9.90 Å². The molecule has 0 aliphatic rings. The van der Waals surface area contributed by atoms with Gasteiger partial charge >= 0.3 is 5.97 Å². The van der Waals surface area contributed by atoms with Gasteiger partial charge in [0.15, 0.2) is 0 Å². The number of carboxylic acids is 1. The van der Waals surface area contributed by atoms with Crippen molar-refractivity contribution in [2.24, 2.45) is 0 Å². The SMILES string of the molecule is CCCNC(C)(CCN(C)CCc1ccccc1)C(=O)O. The summed E-state index contributed by atoms with van der Waals surface area (Å²) >= 11 is 0. The lowest BCUT2D eigenvalue weighted by molar-refractivity contribution is -0.144. The standard InChI is InChI=1S/C17H28N2O2/c1-4-12-18-17(2,16(20)21)11-14-19(3)13-10-15-8-6-5-7-9-15/h5-9,18H,4,10-14H2,1-3H3,(H,20,21). The molecular weight excluding hydrogens is 264 g/mol. The number of likely N-dealkylation sites (N-methyl/N-ethyl adjacent to an activating group) is 1. The van der Waals surface area contributed by atoms with E-state index in [-0.39, 0.29) is 0 Å². The monoisotopic (exact) mass is 292 g/mol. The third-order valence-electron chi connectivity index (χ3n) is 3.86. The Morgan fingerprint density at radius 2 is 1.95 bits per heavy atom. The van der Waals surface area contributed by atoms with E-state index in [0.29, 0.717) is 6.42 Å². The molecule has 0 saturated heterocycles. The van der Waals surface area contributed by atoms with E-state index < -0.39 is 11.5 Å². The molecule has 0 bridgehead atoms. The summed E-state index contributed by atoms with van der Waals surface area (Å²) < 4.78 is 0. The minimum Gasteiger partial charge on any atom is -0.480 e. The predicted molar refractivity (Wildman–Crippen MR) is 86.6 cm³/mol. The minimum atomic E-state index is -0.836. The molecule has 1 unspecified atom stereocenters. The van der Waals surface area contributed by atoms with E-state index in [1.54, 1.807) is 6.92 Å². The van der Waals surface area contributed by atoms with E-state index in [0.717, 1.165) is 32.5 Å². The molecule has 0 radical (unpaired) electrons. The summed E-state index contributed by atoms with van der Waals surface area (Å²) in [6.07, 6.45) is 2.53. The van der Waals surface area contributed by atoms with Gasteiger partial charge in [-0.3, -0.25) is 4.79 Å². The van der Waals surface area contributed by atoms with Crippen molar-refractivity contribution in [2.45, 2.75) is 38.6 Å². The molecule has 0 aliphatic heterocycles. The molecule has 0 spiro atoms. The number of carbonyl (C=O) groups is 1. The topological polar surface area (TPSA) is 52.6 Å². The third-order valence-corrected chi connectivity index (χ3v) is 3.86. The van der Waals surface area contributed by atoms with Gasteiger partial charge in [0.1, 0.15) is 5.54 Å². The molecule has 1 atom stereocenters. The van der Waals surface area contributed by atoms with Crippen LogP contribution in [0.15, 0.2) is 30.3 Å². The van der Waals surface area contributed by atoms with E-state index in [9.17, 15) is 9.90 Å². The highest BCUT2D eigenvalue weighted by Crippen LogP contribution is 2.11. The van der Waals surface area contributed by atoms with Crippen molar-refractivity contribution in [3.05, 3.63) is 35.9 Å². The van der Waals surface area contributed by atoms with Crippen molar-refractivity contribution >= 4 is 5.97 Å². The molecule has 0 fully saturated rings. The van der Waals surface area contributed by atoms with Gasteiger partial charge in [-0.2, -0.15) is 0 Å². The summed E-state index contributed by atoms with van der Waals surface area (Å²) in [6.45, 7) is 6.26. The molecule has 0 saturated carbocycles. The fourth-order valence-electron chi connectivity index (χ4n) is 2.16. The van der Waals surface area contributed by atoms with Crippen molar-refractivity contribution in [1.82, 2.24) is 10.2 Å². The average molecular weight is 292 g/mol. The van der Waals surface area contributed by atoms with Gasteiger partial charge in [0.25, 0.3) is 0 Å². The van der Waals surface area contributed by atoms with E-state index in [2.05, 4.69) is 22.3 Å². The summed E-state index contributed by atoms with van der Waals surface area (Å²) in [5.41, 5.74) is 0.478. The van der Waals surface area contributed by atoms with Crippen LogP contribution in [0, 0.1) is 0 Å². The fraction of sp³-hybridized carbons (Fsp3) is 0.588. The van der Waals surface area contributed by atoms with Crippen LogP contribution in [0.3, 0.4) is 0 Å². The third kappa shape index (κ3) is 6.27. The first kappa shape index (κ1) is 17.7. The van der Waals surface area contributed by atoms with Crippen LogP contribution in [0.4, 0.5) is 0 Å². The number of aliphatic carboxylic acids is 1. The summed E-state index contributed by atoms with van der Waals surface area (Å²) in [5, 5.41) is 12.5. The Hall–Kier alpha value is -1.39. The number of nitrogens with zero attached hydrogens (tertiary/aromatic N) is 1. The summed E-state index contributed by atoms with van der Waals surface area (Å²) in [7, 11) is 2.05. The van der Waals surface area contributed by atoms with Crippen molar-refractivity contribution in [2.75, 3.05) is 26.7 Å². The Bertz CT molecular complexity index is 422. The van der Waals surface area contributed by atoms with Gasteiger partial charge in [-0.1, -0.05) is 37.3 Å². The van der Waals surface area contributed by atoms with Crippen LogP contribution in [-0.2, 0) is 11.2 Å². The van der Waals surface area contributed by atoms with Crippen molar-refractivity contribution in [3.8, 4) is 0 Å². The smallest absolute Gasteiger partial charge is 0.323 e. The highest BCUT2D eigenvalue weighted by molar-refractivity contribution is 5.78. The van der Waals surface area contributed by atoms with Gasteiger partial charge in [-0.05, 0) is 45.3 Å². The Kier molecular flexibility index (Phi) is 7.40. The molecule has 0 heterocycles. The molecule has 0 aromatic heterocycles. The Labute approximate surface area is 128 Å². The zero-order chi connectivity index (χ0) is 15.7. The van der Waals surface area contributed by atoms with E-state index in [1.165, 1.54) is 5.56 Å². The van der Waals surface area contributed by atoms with Gasteiger partial charge in [-0.25, -0.2) is 0 Å². The first-order valence-corrected chi connectivity index (χ1v) is 7.69. The lowest BCUT2D eigenvalue weighted by Gasteiger charge is -2.28. The van der Waals surface area contributed by atoms with Crippen LogP contribution in [-0.4, -0.2) is 48.2 Å². The van der Waals surface area contributed by atoms with Gasteiger partial charge in [-0.15, -0.1) is 0 Å². The number of rotatable bonds is 10. The summed E-state index contributed by atoms with van der Waals surface area (Å²) in [5.74, 6) is -0.771. The largest absolute Gasteiger partial charge is 0.480 e. The highest BCUT2D eigenvalue weighted by Gasteiger charge is 2.31. The molecule has 0 amide bonds. The lowest BCUT2D eigenvalue weighted by atomic mass is 9.97. The molecule has 2 N–H and O–H groups in total. The zero-order valence-electron chi connectivity index (χ0n) is 13.4. The Balaban J connectivity index is 2.39. The maximum atomic E-state index is 11.4. The number of hydrogen-bond acceptors (Lipinski definition) is 3. The average Bonchev–Trinajstić information content (AvgIpc) is 2.49. The van der Waals surface area contributed by atoms with Crippen molar-refractivity contribution in [1.29, 1.82) is 0 Å². The van der Waals surface area contributed by atoms with E-state index >= 15 is 0 Å². The lowest BCUT2D eigenvalue weighted by Crippen LogP contribution is -2.51. The van der Waals surface area contributed by atoms with Gasteiger partial charge in [0.05, 0.1) is 0 Å². The first-order chi connectivity index (χ1) is 9.98. The van der Waals surface area contributed by atoms with Crippen LogP contribution in [0.5, 0.6) is 0 Å². The van der Waals surface area contributed by atoms with Crippen LogP contribution in [0.2, 0.25) is 0 Å². The predicted octanol–water partition coefficient (Wildman–Crippen LogP) is 2.39. The second-order valence-electron chi connectivity index (χ2n) is 5.85. The normalized spacial score (nSPS) is 14.1. The molecule has 118 valence electrons. The fourth-order valence-corrected chi connectivity index (χ4v) is 2.16. The zero-order valence-corrected chi connectivity index (χ0v) is 13.4. The highest BCUT2D eigenvalue weighted by atomic mass is 16.4. The molecule has 4 nitrogen and oxygen atoms in total. The molecule has 0 aliphatic carbocycles. The summed E-state index contributed by atoms with van der Waals surface area (Å²) in [4.78, 5) is 13.6. The maximum absolute atomic E-state index is 11.4. The minimum absolute atomic E-state index is 0.605. The molecule has 21 heavy (non-hydrogen) atoms. The number of carboxylic acid groups (broad SMARTS) is 1. The molecular formula is C17H28N2O2. The number of benzene rings is 1. The van der Waals surface area contributed by atoms with Crippen LogP contribution in [0.25, 0.3) is 0 Å². The van der Waals surface area contributed by atoms with Crippen LogP contribution in [0.1, 0.15) is 32.3 Å². The second kappa shape index (κ2) is 8.80. The molecule has 4 heteroatoms. The Morgan fingerprint density at radius 1 is 1.29 bits per heavy atom. The number of hydrogen-bond donors (Lipinski definition) is 2. The van der Waals surface area contributed by atoms with Crippen molar-refractivity contribution in [3.63, 3.8) is 0 Å². The van der Waals surface area contributed by atoms with Gasteiger partial charge in [0.2, 0.25) is 0 Å².